The van der Waals surface area contributed by atoms with Crippen LogP contribution in [0.15, 0.2) is 0 Å². The molecule has 0 unspecified atom stereocenters. The van der Waals surface area contributed by atoms with Crippen molar-refractivity contribution in [2.75, 3.05) is 19.8 Å². The first kappa shape index (κ1) is 13.4. The minimum Gasteiger partial charge on any atom is -0.381 e. The van der Waals surface area contributed by atoms with Crippen LogP contribution in [0.5, 0.6) is 0 Å². The molecule has 84 valence electrons. The van der Waals surface area contributed by atoms with Gasteiger partial charge in [-0.2, -0.15) is 0 Å². The predicted molar refractivity (Wildman–Crippen MR) is 58.2 cm³/mol. The van der Waals surface area contributed by atoms with Crippen LogP contribution in [0.4, 0.5) is 0 Å². The topological polar surface area (TPSA) is 38.3 Å². The SMILES string of the molecule is CCCCNC(=O)CCOCC(C)C. The van der Waals surface area contributed by atoms with Crippen LogP contribution >= 0.6 is 0 Å². The molecule has 0 aromatic heterocycles. The molecule has 0 rings (SSSR count). The number of nitrogens with one attached hydrogen (secondary N) is 1. The molecule has 3 nitrogen and oxygen atoms in total. The molecule has 0 aromatic carbocycles. The summed E-state index contributed by atoms with van der Waals surface area (Å²) in [5, 5.41) is 2.85. The van der Waals surface area contributed by atoms with Crippen molar-refractivity contribution in [1.82, 2.24) is 5.32 Å². The Kier molecular flexibility index (Phi) is 8.64. The minimum absolute atomic E-state index is 0.0993. The summed E-state index contributed by atoms with van der Waals surface area (Å²) in [7, 11) is 0. The molecular weight excluding hydrogens is 178 g/mol. The molecule has 0 aliphatic carbocycles. The highest BCUT2D eigenvalue weighted by Crippen LogP contribution is 1.93. The van der Waals surface area contributed by atoms with Crippen LogP contribution in [0.1, 0.15) is 40.0 Å². The number of ether oxygens (including phenoxy) is 1. The van der Waals surface area contributed by atoms with Crippen molar-refractivity contribution in [2.24, 2.45) is 5.92 Å². The molecule has 0 saturated carbocycles. The molecule has 14 heavy (non-hydrogen) atoms. The molecule has 0 aliphatic heterocycles. The number of carbonyl (C=O) groups excluding carboxylic acids is 1. The van der Waals surface area contributed by atoms with E-state index in [0.717, 1.165) is 26.0 Å². The quantitative estimate of drug-likeness (QED) is 0.610. The lowest BCUT2D eigenvalue weighted by Crippen LogP contribution is -2.25. The zero-order chi connectivity index (χ0) is 10.8. The first-order chi connectivity index (χ1) is 6.66. The fraction of sp³-hybridized carbons (Fsp3) is 0.909. The molecule has 0 saturated heterocycles. The molecular formula is C11H23NO2. The van der Waals surface area contributed by atoms with E-state index in [2.05, 4.69) is 26.1 Å². The van der Waals surface area contributed by atoms with Gasteiger partial charge in [-0.1, -0.05) is 27.2 Å². The molecule has 0 aliphatic rings. The van der Waals surface area contributed by atoms with E-state index < -0.39 is 0 Å². The van der Waals surface area contributed by atoms with Gasteiger partial charge in [0.05, 0.1) is 6.61 Å². The maximum atomic E-state index is 11.2. The average Bonchev–Trinajstić information content (AvgIpc) is 2.13. The first-order valence-electron chi connectivity index (χ1n) is 5.51. The Bertz CT molecular complexity index is 146. The third-order valence-corrected chi connectivity index (χ3v) is 1.78. The molecule has 1 amide bonds. The summed E-state index contributed by atoms with van der Waals surface area (Å²) in [6.45, 7) is 8.37. The van der Waals surface area contributed by atoms with Gasteiger partial charge >= 0.3 is 0 Å². The fourth-order valence-electron chi connectivity index (χ4n) is 0.977. The van der Waals surface area contributed by atoms with Gasteiger partial charge in [0.1, 0.15) is 0 Å². The summed E-state index contributed by atoms with van der Waals surface area (Å²) in [6, 6.07) is 0. The third kappa shape index (κ3) is 9.52. The molecule has 0 radical (unpaired) electrons. The highest BCUT2D eigenvalue weighted by Gasteiger charge is 2.00. The minimum atomic E-state index is 0.0993. The number of amides is 1. The van der Waals surface area contributed by atoms with Crippen molar-refractivity contribution in [2.45, 2.75) is 40.0 Å². The molecule has 0 bridgehead atoms. The first-order valence-corrected chi connectivity index (χ1v) is 5.51. The lowest BCUT2D eigenvalue weighted by Gasteiger charge is -2.07. The highest BCUT2D eigenvalue weighted by molar-refractivity contribution is 5.75. The largest absolute Gasteiger partial charge is 0.381 e. The second-order valence-electron chi connectivity index (χ2n) is 3.92. The van der Waals surface area contributed by atoms with E-state index in [1.54, 1.807) is 0 Å². The van der Waals surface area contributed by atoms with Crippen LogP contribution in [0.3, 0.4) is 0 Å². The molecule has 0 atom stereocenters. The zero-order valence-corrected chi connectivity index (χ0v) is 9.64. The summed E-state index contributed by atoms with van der Waals surface area (Å²) in [4.78, 5) is 11.2. The summed E-state index contributed by atoms with van der Waals surface area (Å²) in [6.07, 6.45) is 2.65. The van der Waals surface area contributed by atoms with Gasteiger partial charge in [0.2, 0.25) is 5.91 Å². The van der Waals surface area contributed by atoms with Crippen molar-refractivity contribution in [3.05, 3.63) is 0 Å². The zero-order valence-electron chi connectivity index (χ0n) is 9.64. The molecule has 0 aromatic rings. The van der Waals surface area contributed by atoms with Gasteiger partial charge in [-0.05, 0) is 12.3 Å². The van der Waals surface area contributed by atoms with E-state index in [0.29, 0.717) is 18.9 Å². The van der Waals surface area contributed by atoms with Crippen LogP contribution in [-0.4, -0.2) is 25.7 Å². The number of hydrogen-bond donors (Lipinski definition) is 1. The Balaban J connectivity index is 3.18. The van der Waals surface area contributed by atoms with E-state index in [9.17, 15) is 4.79 Å². The Hall–Kier alpha value is -0.570. The smallest absolute Gasteiger partial charge is 0.222 e. The van der Waals surface area contributed by atoms with Crippen LogP contribution in [0, 0.1) is 5.92 Å². The van der Waals surface area contributed by atoms with Crippen LogP contribution in [0.25, 0.3) is 0 Å². The second-order valence-corrected chi connectivity index (χ2v) is 3.92. The Morgan fingerprint density at radius 3 is 2.71 bits per heavy atom. The van der Waals surface area contributed by atoms with Gasteiger partial charge in [-0.15, -0.1) is 0 Å². The number of carbonyl (C=O) groups is 1. The van der Waals surface area contributed by atoms with Gasteiger partial charge in [-0.3, -0.25) is 4.79 Å². The van der Waals surface area contributed by atoms with Gasteiger partial charge in [0, 0.05) is 19.6 Å². The maximum Gasteiger partial charge on any atom is 0.222 e. The summed E-state index contributed by atoms with van der Waals surface area (Å²) in [5.74, 6) is 0.639. The number of hydrogen-bond acceptors (Lipinski definition) is 2. The fourth-order valence-corrected chi connectivity index (χ4v) is 0.977. The standard InChI is InChI=1S/C11H23NO2/c1-4-5-7-12-11(13)6-8-14-9-10(2)3/h10H,4-9H2,1-3H3,(H,12,13). The van der Waals surface area contributed by atoms with Gasteiger partial charge in [-0.25, -0.2) is 0 Å². The normalized spacial score (nSPS) is 10.6. The average molecular weight is 201 g/mol. The molecule has 0 heterocycles. The van der Waals surface area contributed by atoms with E-state index >= 15 is 0 Å². The van der Waals surface area contributed by atoms with E-state index in [-0.39, 0.29) is 5.91 Å². The van der Waals surface area contributed by atoms with Gasteiger partial charge in [0.25, 0.3) is 0 Å². The Labute approximate surface area is 87.2 Å². The summed E-state index contributed by atoms with van der Waals surface area (Å²) >= 11 is 0. The van der Waals surface area contributed by atoms with Crippen LogP contribution < -0.4 is 5.32 Å². The maximum absolute atomic E-state index is 11.2. The van der Waals surface area contributed by atoms with Crippen LogP contribution in [-0.2, 0) is 9.53 Å². The lowest BCUT2D eigenvalue weighted by molar-refractivity contribution is -0.122. The van der Waals surface area contributed by atoms with Crippen molar-refractivity contribution in [3.8, 4) is 0 Å². The lowest BCUT2D eigenvalue weighted by atomic mass is 10.2. The monoisotopic (exact) mass is 201 g/mol. The van der Waals surface area contributed by atoms with Crippen molar-refractivity contribution < 1.29 is 9.53 Å². The van der Waals surface area contributed by atoms with Crippen LogP contribution in [0.2, 0.25) is 0 Å². The highest BCUT2D eigenvalue weighted by atomic mass is 16.5. The molecule has 0 fully saturated rings. The summed E-state index contributed by atoms with van der Waals surface area (Å²) < 4.78 is 5.31. The van der Waals surface area contributed by atoms with Crippen molar-refractivity contribution >= 4 is 5.91 Å². The van der Waals surface area contributed by atoms with E-state index in [1.807, 2.05) is 0 Å². The van der Waals surface area contributed by atoms with Gasteiger partial charge in [0.15, 0.2) is 0 Å². The summed E-state index contributed by atoms with van der Waals surface area (Å²) in [5.41, 5.74) is 0. The van der Waals surface area contributed by atoms with Gasteiger partial charge < -0.3 is 10.1 Å². The number of unbranched alkanes of at least 4 members (excludes halogenated alkanes) is 1. The van der Waals surface area contributed by atoms with E-state index in [4.69, 9.17) is 4.74 Å². The number of rotatable bonds is 8. The molecule has 3 heteroatoms. The van der Waals surface area contributed by atoms with E-state index in [1.165, 1.54) is 0 Å². The van der Waals surface area contributed by atoms with Crippen molar-refractivity contribution in [3.63, 3.8) is 0 Å². The molecule has 0 spiro atoms. The predicted octanol–water partition coefficient (Wildman–Crippen LogP) is 1.97. The Morgan fingerprint density at radius 1 is 1.43 bits per heavy atom. The Morgan fingerprint density at radius 2 is 2.14 bits per heavy atom. The van der Waals surface area contributed by atoms with Crippen molar-refractivity contribution in [1.29, 1.82) is 0 Å². The third-order valence-electron chi connectivity index (χ3n) is 1.78. The second kappa shape index (κ2) is 9.00. The molecule has 1 N–H and O–H groups in total.